The molecule has 0 bridgehead atoms. The van der Waals surface area contributed by atoms with Crippen LogP contribution in [-0.4, -0.2) is 27.5 Å². The average molecular weight is 366 g/mol. The molecule has 4 rings (SSSR count). The maximum atomic E-state index is 12.6. The van der Waals surface area contributed by atoms with Crippen molar-refractivity contribution in [3.63, 3.8) is 0 Å². The summed E-state index contributed by atoms with van der Waals surface area (Å²) in [6, 6.07) is 5.83. The van der Waals surface area contributed by atoms with Crippen LogP contribution in [0.1, 0.15) is 71.2 Å². The molecule has 0 radical (unpaired) electrons. The van der Waals surface area contributed by atoms with E-state index in [-0.39, 0.29) is 17.7 Å². The predicted molar refractivity (Wildman–Crippen MR) is 104 cm³/mol. The van der Waals surface area contributed by atoms with Gasteiger partial charge in [-0.25, -0.2) is 4.68 Å². The van der Waals surface area contributed by atoms with Gasteiger partial charge in [0.1, 0.15) is 11.4 Å². The van der Waals surface area contributed by atoms with Crippen molar-refractivity contribution in [2.75, 3.05) is 5.73 Å². The molecule has 0 atom stereocenters. The van der Waals surface area contributed by atoms with Crippen LogP contribution < -0.4 is 11.1 Å². The molecule has 1 amide bonds. The monoisotopic (exact) mass is 366 g/mol. The van der Waals surface area contributed by atoms with Crippen LogP contribution in [0, 0.1) is 12.8 Å². The van der Waals surface area contributed by atoms with E-state index < -0.39 is 0 Å². The Kier molecular flexibility index (Phi) is 4.72. The van der Waals surface area contributed by atoms with Gasteiger partial charge in [0.2, 0.25) is 0 Å². The van der Waals surface area contributed by atoms with E-state index in [1.165, 1.54) is 6.20 Å². The van der Waals surface area contributed by atoms with E-state index in [0.717, 1.165) is 49.8 Å². The molecule has 6 nitrogen and oxygen atoms in total. The van der Waals surface area contributed by atoms with Crippen LogP contribution in [0.15, 0.2) is 24.4 Å². The highest BCUT2D eigenvalue weighted by Gasteiger charge is 2.26. The highest BCUT2D eigenvalue weighted by Crippen LogP contribution is 2.34. The van der Waals surface area contributed by atoms with Crippen molar-refractivity contribution in [3.8, 4) is 5.69 Å². The molecule has 2 saturated carbocycles. The first kappa shape index (κ1) is 17.8. The molecule has 2 aliphatic rings. The number of nitrogen functional groups attached to an aromatic ring is 1. The molecule has 27 heavy (non-hydrogen) atoms. The van der Waals surface area contributed by atoms with E-state index in [4.69, 9.17) is 5.73 Å². The molecule has 2 fully saturated rings. The van der Waals surface area contributed by atoms with Gasteiger partial charge in [-0.15, -0.1) is 0 Å². The summed E-state index contributed by atoms with van der Waals surface area (Å²) in [5.74, 6) is 0.830. The largest absolute Gasteiger partial charge is 0.383 e. The smallest absolute Gasteiger partial charge is 0.256 e. The number of carbonyl (C=O) groups excluding carboxylic acids is 2. The number of benzene rings is 1. The number of Topliss-reactive ketones (excluding diaryl/α,β-unsaturated/α-hetero) is 1. The minimum absolute atomic E-state index is 0.156. The van der Waals surface area contributed by atoms with Crippen molar-refractivity contribution in [3.05, 3.63) is 41.1 Å². The molecule has 0 saturated heterocycles. The number of nitrogens with two attached hydrogens (primary N) is 1. The van der Waals surface area contributed by atoms with Crippen LogP contribution in [-0.2, 0) is 0 Å². The normalized spacial score (nSPS) is 17.2. The van der Waals surface area contributed by atoms with Gasteiger partial charge in [0.25, 0.3) is 5.91 Å². The number of nitrogens with one attached hydrogen (secondary N) is 1. The van der Waals surface area contributed by atoms with E-state index in [9.17, 15) is 9.59 Å². The van der Waals surface area contributed by atoms with Crippen LogP contribution in [0.25, 0.3) is 5.69 Å². The summed E-state index contributed by atoms with van der Waals surface area (Å²) in [5.41, 5.74) is 9.01. The fourth-order valence-electron chi connectivity index (χ4n) is 3.77. The number of hydrogen-bond acceptors (Lipinski definition) is 4. The fourth-order valence-corrected chi connectivity index (χ4v) is 3.77. The van der Waals surface area contributed by atoms with E-state index >= 15 is 0 Å². The summed E-state index contributed by atoms with van der Waals surface area (Å²) >= 11 is 0. The third-order valence-corrected chi connectivity index (χ3v) is 5.67. The first-order chi connectivity index (χ1) is 13.0. The number of rotatable bonds is 6. The van der Waals surface area contributed by atoms with Gasteiger partial charge in [0, 0.05) is 18.0 Å². The summed E-state index contributed by atoms with van der Waals surface area (Å²) in [7, 11) is 0. The molecule has 0 aliphatic heterocycles. The molecule has 1 aromatic carbocycles. The first-order valence-electron chi connectivity index (χ1n) is 9.81. The van der Waals surface area contributed by atoms with E-state index in [1.54, 1.807) is 4.68 Å². The topological polar surface area (TPSA) is 90.0 Å². The molecule has 0 spiro atoms. The Balaban J connectivity index is 1.58. The second-order valence-corrected chi connectivity index (χ2v) is 7.88. The quantitative estimate of drug-likeness (QED) is 0.767. The molecule has 142 valence electrons. The van der Waals surface area contributed by atoms with Crippen molar-refractivity contribution in [2.24, 2.45) is 5.92 Å². The number of hydrogen-bond donors (Lipinski definition) is 2. The van der Waals surface area contributed by atoms with Crippen molar-refractivity contribution in [1.29, 1.82) is 0 Å². The minimum atomic E-state index is -0.177. The molecule has 3 N–H and O–H groups in total. The van der Waals surface area contributed by atoms with Crippen LogP contribution in [0.3, 0.4) is 0 Å². The summed E-state index contributed by atoms with van der Waals surface area (Å²) in [6.07, 6.45) is 8.76. The third-order valence-electron chi connectivity index (χ3n) is 5.67. The zero-order chi connectivity index (χ0) is 19.0. The number of ketones is 1. The first-order valence-corrected chi connectivity index (χ1v) is 9.81. The molecular weight excluding hydrogens is 340 g/mol. The predicted octanol–water partition coefficient (Wildman–Crippen LogP) is 3.42. The zero-order valence-electron chi connectivity index (χ0n) is 15.7. The van der Waals surface area contributed by atoms with Gasteiger partial charge in [-0.2, -0.15) is 5.10 Å². The van der Waals surface area contributed by atoms with Gasteiger partial charge in [-0.1, -0.05) is 25.0 Å². The highest BCUT2D eigenvalue weighted by molar-refractivity contribution is 5.99. The number of aromatic nitrogens is 2. The van der Waals surface area contributed by atoms with Crippen molar-refractivity contribution in [2.45, 2.75) is 57.9 Å². The Hall–Kier alpha value is -2.63. The molecule has 1 aromatic heterocycles. The van der Waals surface area contributed by atoms with Gasteiger partial charge in [-0.3, -0.25) is 9.59 Å². The lowest BCUT2D eigenvalue weighted by atomic mass is 10.0. The van der Waals surface area contributed by atoms with Gasteiger partial charge in [0.15, 0.2) is 5.78 Å². The number of carbonyl (C=O) groups is 2. The number of nitrogens with zero attached hydrogens (tertiary/aromatic N) is 2. The standard InChI is InChI=1S/C21H26N4O2/c1-13-6-9-15(19(26)10-14-7-8-14)11-18(13)25-20(22)17(12-23-25)21(27)24-16-4-2-3-5-16/h6,9,11-12,14,16H,2-5,7-8,10,22H2,1H3,(H,24,27). The van der Waals surface area contributed by atoms with Crippen LogP contribution in [0.5, 0.6) is 0 Å². The molecular formula is C21H26N4O2. The van der Waals surface area contributed by atoms with Gasteiger partial charge >= 0.3 is 0 Å². The Labute approximate surface area is 159 Å². The van der Waals surface area contributed by atoms with Crippen LogP contribution in [0.2, 0.25) is 0 Å². The summed E-state index contributed by atoms with van der Waals surface area (Å²) in [5, 5.41) is 7.38. The zero-order valence-corrected chi connectivity index (χ0v) is 15.7. The minimum Gasteiger partial charge on any atom is -0.383 e. The lowest BCUT2D eigenvalue weighted by molar-refractivity contribution is 0.0937. The summed E-state index contributed by atoms with van der Waals surface area (Å²) < 4.78 is 1.56. The number of anilines is 1. The molecule has 2 aliphatic carbocycles. The number of amides is 1. The van der Waals surface area contributed by atoms with Gasteiger partial charge in [0.05, 0.1) is 11.9 Å². The molecule has 1 heterocycles. The van der Waals surface area contributed by atoms with Gasteiger partial charge in [-0.05, 0) is 50.2 Å². The number of aryl methyl sites for hydroxylation is 1. The molecule has 2 aromatic rings. The lowest BCUT2D eigenvalue weighted by Crippen LogP contribution is -2.32. The SMILES string of the molecule is Cc1ccc(C(=O)CC2CC2)cc1-n1ncc(C(=O)NC2CCCC2)c1N. The van der Waals surface area contributed by atoms with Crippen molar-refractivity contribution >= 4 is 17.5 Å². The summed E-state index contributed by atoms with van der Waals surface area (Å²) in [4.78, 5) is 25.0. The Bertz CT molecular complexity index is 876. The molecule has 6 heteroatoms. The van der Waals surface area contributed by atoms with Crippen LogP contribution in [0.4, 0.5) is 5.82 Å². The lowest BCUT2D eigenvalue weighted by Gasteiger charge is -2.12. The Morgan fingerprint density at radius 1 is 1.22 bits per heavy atom. The van der Waals surface area contributed by atoms with E-state index in [1.807, 2.05) is 25.1 Å². The maximum Gasteiger partial charge on any atom is 0.256 e. The summed E-state index contributed by atoms with van der Waals surface area (Å²) in [6.45, 7) is 1.95. The second kappa shape index (κ2) is 7.18. The molecule has 0 unspecified atom stereocenters. The van der Waals surface area contributed by atoms with Gasteiger partial charge < -0.3 is 11.1 Å². The van der Waals surface area contributed by atoms with E-state index in [2.05, 4.69) is 10.4 Å². The second-order valence-electron chi connectivity index (χ2n) is 7.88. The fraction of sp³-hybridized carbons (Fsp3) is 0.476. The van der Waals surface area contributed by atoms with Crippen molar-refractivity contribution in [1.82, 2.24) is 15.1 Å². The Morgan fingerprint density at radius 3 is 2.67 bits per heavy atom. The van der Waals surface area contributed by atoms with Crippen molar-refractivity contribution < 1.29 is 9.59 Å². The maximum absolute atomic E-state index is 12.6. The van der Waals surface area contributed by atoms with Crippen LogP contribution >= 0.6 is 0 Å². The highest BCUT2D eigenvalue weighted by atomic mass is 16.1. The van der Waals surface area contributed by atoms with E-state index in [0.29, 0.717) is 29.3 Å². The average Bonchev–Trinajstić information content (AvgIpc) is 3.15. The third kappa shape index (κ3) is 3.75. The Morgan fingerprint density at radius 2 is 1.96 bits per heavy atom.